The highest BCUT2D eigenvalue weighted by molar-refractivity contribution is 5.96. The second-order valence-corrected chi connectivity index (χ2v) is 11.5. The van der Waals surface area contributed by atoms with Crippen LogP contribution in [0, 0.1) is 0 Å². The highest BCUT2D eigenvalue weighted by Crippen LogP contribution is 2.26. The molecule has 2 N–H and O–H groups in total. The molecular formula is C33H37N9O6. The summed E-state index contributed by atoms with van der Waals surface area (Å²) < 4.78 is 11.1. The van der Waals surface area contributed by atoms with Gasteiger partial charge in [-0.15, -0.1) is 10.2 Å². The van der Waals surface area contributed by atoms with Crippen LogP contribution in [0.1, 0.15) is 48.7 Å². The number of nitrogens with one attached hydrogen (secondary N) is 2. The van der Waals surface area contributed by atoms with Crippen molar-refractivity contribution in [1.29, 1.82) is 0 Å². The molecule has 1 atom stereocenters. The van der Waals surface area contributed by atoms with E-state index in [2.05, 4.69) is 35.9 Å². The molecule has 2 aromatic heterocycles. The highest BCUT2D eigenvalue weighted by atomic mass is 16.8. The van der Waals surface area contributed by atoms with E-state index in [1.54, 1.807) is 11.8 Å². The fourth-order valence-corrected chi connectivity index (χ4v) is 5.71. The van der Waals surface area contributed by atoms with E-state index in [4.69, 9.17) is 14.3 Å². The van der Waals surface area contributed by atoms with Gasteiger partial charge in [-0.3, -0.25) is 9.59 Å². The fourth-order valence-electron chi connectivity index (χ4n) is 5.71. The van der Waals surface area contributed by atoms with Crippen LogP contribution in [0.2, 0.25) is 0 Å². The van der Waals surface area contributed by atoms with Crippen LogP contribution >= 0.6 is 0 Å². The largest absolute Gasteiger partial charge is 0.527 e. The molecule has 0 unspecified atom stereocenters. The van der Waals surface area contributed by atoms with Gasteiger partial charge in [0, 0.05) is 36.7 Å². The average Bonchev–Trinajstić information content (AvgIpc) is 3.84. The number of carbonyl (C=O) groups excluding carboxylic acids is 3. The van der Waals surface area contributed by atoms with Gasteiger partial charge in [-0.2, -0.15) is 4.98 Å². The van der Waals surface area contributed by atoms with Gasteiger partial charge in [-0.05, 0) is 48.6 Å². The summed E-state index contributed by atoms with van der Waals surface area (Å²) in [6.45, 7) is 3.04. The molecule has 2 fully saturated rings. The number of H-pyrrole nitrogens is 1. The van der Waals surface area contributed by atoms with Crippen LogP contribution in [0.15, 0.2) is 60.7 Å². The molecule has 15 heteroatoms. The van der Waals surface area contributed by atoms with E-state index in [0.29, 0.717) is 30.6 Å². The minimum atomic E-state index is -0.929. The first-order valence-electron chi connectivity index (χ1n) is 16.1. The molecule has 2 aromatic carbocycles. The van der Waals surface area contributed by atoms with Crippen LogP contribution in [-0.2, 0) is 20.8 Å². The molecular weight excluding hydrogens is 618 g/mol. The molecule has 6 rings (SSSR count). The lowest BCUT2D eigenvalue weighted by atomic mass is 10.0. The van der Waals surface area contributed by atoms with Gasteiger partial charge in [-0.25, -0.2) is 14.9 Å². The van der Waals surface area contributed by atoms with Crippen LogP contribution in [0.3, 0.4) is 0 Å². The van der Waals surface area contributed by atoms with Crippen molar-refractivity contribution in [3.63, 3.8) is 0 Å². The van der Waals surface area contributed by atoms with Gasteiger partial charge in [0.25, 0.3) is 5.91 Å². The maximum Gasteiger partial charge on any atom is 0.527 e. The second-order valence-electron chi connectivity index (χ2n) is 11.5. The summed E-state index contributed by atoms with van der Waals surface area (Å²) in [6.07, 6.45) is 3.45. The van der Waals surface area contributed by atoms with E-state index < -0.39 is 18.1 Å². The number of carbonyl (C=O) groups is 3. The van der Waals surface area contributed by atoms with Gasteiger partial charge < -0.3 is 24.5 Å². The van der Waals surface area contributed by atoms with Crippen LogP contribution in [0.4, 0.5) is 4.79 Å². The van der Waals surface area contributed by atoms with Crippen molar-refractivity contribution in [2.24, 2.45) is 0 Å². The SMILES string of the molecule is CCOC(=O)ON1CCN(C(=O)[C@H](Cc2ccc(-c3nnn[nH]3)cc2)NC(=O)c2cc(OC3CCCC3)nc(-c3ccccc3)n2)CC1. The molecule has 1 aliphatic heterocycles. The molecule has 2 aliphatic rings. The number of ether oxygens (including phenoxy) is 2. The topological polar surface area (TPSA) is 178 Å². The Kier molecular flexibility index (Phi) is 10.4. The average molecular weight is 656 g/mol. The van der Waals surface area contributed by atoms with Gasteiger partial charge in [0.2, 0.25) is 11.8 Å². The molecule has 3 heterocycles. The number of hydrogen-bond donors (Lipinski definition) is 2. The maximum atomic E-state index is 14.0. The van der Waals surface area contributed by atoms with Crippen LogP contribution in [-0.4, -0.2) is 103 Å². The predicted octanol–water partition coefficient (Wildman–Crippen LogP) is 3.22. The van der Waals surface area contributed by atoms with Crippen molar-refractivity contribution in [2.75, 3.05) is 32.8 Å². The van der Waals surface area contributed by atoms with E-state index in [1.165, 1.54) is 11.1 Å². The molecule has 15 nitrogen and oxygen atoms in total. The van der Waals surface area contributed by atoms with Crippen molar-refractivity contribution >= 4 is 18.0 Å². The Morgan fingerprint density at radius 3 is 2.40 bits per heavy atom. The Morgan fingerprint density at radius 2 is 1.71 bits per heavy atom. The van der Waals surface area contributed by atoms with E-state index in [0.717, 1.165) is 42.4 Å². The zero-order valence-electron chi connectivity index (χ0n) is 26.6. The Bertz CT molecular complexity index is 1670. The number of rotatable bonds is 11. The van der Waals surface area contributed by atoms with Crippen molar-refractivity contribution in [3.05, 3.63) is 71.9 Å². The number of hydroxylamine groups is 2. The molecule has 1 saturated carbocycles. The van der Waals surface area contributed by atoms with Crippen LogP contribution in [0.25, 0.3) is 22.8 Å². The number of nitrogens with zero attached hydrogens (tertiary/aromatic N) is 7. The molecule has 0 bridgehead atoms. The van der Waals surface area contributed by atoms with E-state index in [1.807, 2.05) is 54.6 Å². The third-order valence-corrected chi connectivity index (χ3v) is 8.19. The molecule has 1 aliphatic carbocycles. The Morgan fingerprint density at radius 1 is 0.958 bits per heavy atom. The third-order valence-electron chi connectivity index (χ3n) is 8.19. The van der Waals surface area contributed by atoms with E-state index >= 15 is 0 Å². The molecule has 0 radical (unpaired) electrons. The van der Waals surface area contributed by atoms with Crippen molar-refractivity contribution in [3.8, 4) is 28.7 Å². The minimum absolute atomic E-state index is 0.0240. The Balaban J connectivity index is 1.23. The quantitative estimate of drug-likeness (QED) is 0.226. The number of piperazine rings is 1. The van der Waals surface area contributed by atoms with Gasteiger partial charge in [0.1, 0.15) is 17.8 Å². The lowest BCUT2D eigenvalue weighted by Crippen LogP contribution is -2.55. The number of hydrogen-bond acceptors (Lipinski definition) is 12. The Labute approximate surface area is 276 Å². The van der Waals surface area contributed by atoms with Crippen molar-refractivity contribution < 1.29 is 28.7 Å². The summed E-state index contributed by atoms with van der Waals surface area (Å²) in [4.78, 5) is 55.8. The maximum absolute atomic E-state index is 14.0. The summed E-state index contributed by atoms with van der Waals surface area (Å²) in [6, 6.07) is 17.4. The van der Waals surface area contributed by atoms with Crippen LogP contribution < -0.4 is 10.1 Å². The number of aromatic amines is 1. The van der Waals surface area contributed by atoms with Crippen molar-refractivity contribution in [1.82, 2.24) is 45.9 Å². The molecule has 4 aromatic rings. The first-order chi connectivity index (χ1) is 23.4. The fraction of sp³-hybridized carbons (Fsp3) is 0.394. The first-order valence-corrected chi connectivity index (χ1v) is 16.1. The molecule has 0 spiro atoms. The number of amides is 2. The zero-order chi connectivity index (χ0) is 33.3. The Hall–Kier alpha value is -5.44. The summed E-state index contributed by atoms with van der Waals surface area (Å²) in [5, 5.41) is 18.3. The molecule has 2 amide bonds. The van der Waals surface area contributed by atoms with Gasteiger partial charge in [0.05, 0.1) is 19.7 Å². The minimum Gasteiger partial charge on any atom is -0.474 e. The van der Waals surface area contributed by atoms with Gasteiger partial charge in [0.15, 0.2) is 11.6 Å². The lowest BCUT2D eigenvalue weighted by molar-refractivity contribution is -0.157. The third kappa shape index (κ3) is 8.28. The van der Waals surface area contributed by atoms with E-state index in [9.17, 15) is 14.4 Å². The summed E-state index contributed by atoms with van der Waals surface area (Å²) >= 11 is 0. The monoisotopic (exact) mass is 655 g/mol. The number of aromatic nitrogens is 6. The highest BCUT2D eigenvalue weighted by Gasteiger charge is 2.31. The predicted molar refractivity (Wildman–Crippen MR) is 171 cm³/mol. The standard InChI is InChI=1S/C33H37N9O6/c1-2-46-33(45)48-42-18-16-41(17-19-42)32(44)27(20-22-12-14-24(15-13-22)30-37-39-40-38-30)35-31(43)26-21-28(47-25-10-6-7-11-25)36-29(34-26)23-8-4-3-5-9-23/h3-5,8-9,12-15,21,25,27H,2,6-7,10-11,16-20H2,1H3,(H,35,43)(H,37,38,39,40)/t27-/m0/s1. The van der Waals surface area contributed by atoms with Crippen molar-refractivity contribution in [2.45, 2.75) is 51.2 Å². The summed E-state index contributed by atoms with van der Waals surface area (Å²) in [7, 11) is 0. The second kappa shape index (κ2) is 15.4. The normalized spacial score (nSPS) is 15.9. The summed E-state index contributed by atoms with van der Waals surface area (Å²) in [5.74, 6) is 0.382. The van der Waals surface area contributed by atoms with Gasteiger partial charge in [-0.1, -0.05) is 54.6 Å². The molecule has 48 heavy (non-hydrogen) atoms. The molecule has 250 valence electrons. The molecule has 1 saturated heterocycles. The lowest BCUT2D eigenvalue weighted by Gasteiger charge is -2.35. The summed E-state index contributed by atoms with van der Waals surface area (Å²) in [5.41, 5.74) is 2.42. The number of tetrazole rings is 1. The van der Waals surface area contributed by atoms with Crippen LogP contribution in [0.5, 0.6) is 5.88 Å². The van der Waals surface area contributed by atoms with Gasteiger partial charge >= 0.3 is 6.16 Å². The smallest absolute Gasteiger partial charge is 0.474 e. The first kappa shape index (κ1) is 32.5. The number of benzene rings is 2. The zero-order valence-corrected chi connectivity index (χ0v) is 26.6. The van der Waals surface area contributed by atoms with E-state index in [-0.39, 0.29) is 43.8 Å².